The zero-order valence-corrected chi connectivity index (χ0v) is 11.3. The van der Waals surface area contributed by atoms with Crippen LogP contribution in [0.1, 0.15) is 54.9 Å². The largest absolute Gasteiger partial charge is 0.478 e. The number of hydrogen-bond donors (Lipinski definition) is 1. The van der Waals surface area contributed by atoms with E-state index in [4.69, 9.17) is 4.42 Å². The summed E-state index contributed by atoms with van der Waals surface area (Å²) in [5, 5.41) is 13.8. The highest BCUT2D eigenvalue weighted by Gasteiger charge is 2.23. The van der Waals surface area contributed by atoms with Crippen LogP contribution >= 0.6 is 0 Å². The van der Waals surface area contributed by atoms with Crippen molar-refractivity contribution in [3.8, 4) is 11.5 Å². The monoisotopic (exact) mass is 274 g/mol. The van der Waals surface area contributed by atoms with Crippen LogP contribution in [0.5, 0.6) is 0 Å². The standard InChI is InChI=1S/C15H18N2O3/c18-15(19)12-10-17(11-6-3-1-2-4-7-11)16-14(12)13-8-5-9-20-13/h5,8-11H,1-4,6-7H2,(H,18,19). The van der Waals surface area contributed by atoms with Crippen molar-refractivity contribution in [3.05, 3.63) is 30.2 Å². The predicted molar refractivity (Wildman–Crippen MR) is 73.6 cm³/mol. The molecule has 2 heterocycles. The molecule has 0 aliphatic heterocycles. The Balaban J connectivity index is 1.96. The van der Waals surface area contributed by atoms with E-state index in [1.165, 1.54) is 31.9 Å². The fourth-order valence-electron chi connectivity index (χ4n) is 2.85. The number of rotatable bonds is 3. The molecule has 0 aromatic carbocycles. The first kappa shape index (κ1) is 13.0. The Hall–Kier alpha value is -2.04. The third-order valence-electron chi connectivity index (χ3n) is 3.92. The molecule has 20 heavy (non-hydrogen) atoms. The van der Waals surface area contributed by atoms with Crippen molar-refractivity contribution in [2.24, 2.45) is 0 Å². The van der Waals surface area contributed by atoms with Gasteiger partial charge in [0.15, 0.2) is 5.76 Å². The Morgan fingerprint density at radius 1 is 1.30 bits per heavy atom. The van der Waals surface area contributed by atoms with Gasteiger partial charge in [-0.25, -0.2) is 4.79 Å². The summed E-state index contributed by atoms with van der Waals surface area (Å²) in [5.74, 6) is -0.453. The number of aromatic nitrogens is 2. The molecule has 1 fully saturated rings. The van der Waals surface area contributed by atoms with Crippen LogP contribution in [0, 0.1) is 0 Å². The van der Waals surface area contributed by atoms with Gasteiger partial charge in [0.05, 0.1) is 12.3 Å². The van der Waals surface area contributed by atoms with Gasteiger partial charge in [0.2, 0.25) is 0 Å². The van der Waals surface area contributed by atoms with E-state index in [1.54, 1.807) is 18.3 Å². The maximum absolute atomic E-state index is 11.4. The van der Waals surface area contributed by atoms with Crippen LogP contribution in [0.4, 0.5) is 0 Å². The second-order valence-corrected chi connectivity index (χ2v) is 5.30. The fourth-order valence-corrected chi connectivity index (χ4v) is 2.85. The summed E-state index contributed by atoms with van der Waals surface area (Å²) >= 11 is 0. The van der Waals surface area contributed by atoms with Crippen molar-refractivity contribution in [2.75, 3.05) is 0 Å². The molecule has 0 amide bonds. The van der Waals surface area contributed by atoms with E-state index in [2.05, 4.69) is 5.10 Å². The number of nitrogens with zero attached hydrogens (tertiary/aromatic N) is 2. The van der Waals surface area contributed by atoms with Crippen LogP contribution in [0.2, 0.25) is 0 Å². The number of hydrogen-bond acceptors (Lipinski definition) is 3. The predicted octanol–water partition coefficient (Wildman–Crippen LogP) is 3.74. The van der Waals surface area contributed by atoms with Crippen molar-refractivity contribution in [1.29, 1.82) is 0 Å². The summed E-state index contributed by atoms with van der Waals surface area (Å²) in [6.45, 7) is 0. The topological polar surface area (TPSA) is 68.3 Å². The Bertz CT molecular complexity index is 578. The van der Waals surface area contributed by atoms with E-state index < -0.39 is 5.97 Å². The van der Waals surface area contributed by atoms with Crippen molar-refractivity contribution in [3.63, 3.8) is 0 Å². The average molecular weight is 274 g/mol. The van der Waals surface area contributed by atoms with Gasteiger partial charge >= 0.3 is 5.97 Å². The van der Waals surface area contributed by atoms with Crippen molar-refractivity contribution in [2.45, 2.75) is 44.6 Å². The number of carboxylic acids is 1. The summed E-state index contributed by atoms with van der Waals surface area (Å²) in [4.78, 5) is 11.4. The van der Waals surface area contributed by atoms with Crippen LogP contribution < -0.4 is 0 Å². The van der Waals surface area contributed by atoms with Crippen LogP contribution in [-0.2, 0) is 0 Å². The molecule has 1 aliphatic carbocycles. The minimum Gasteiger partial charge on any atom is -0.478 e. The highest BCUT2D eigenvalue weighted by molar-refractivity contribution is 5.93. The summed E-state index contributed by atoms with van der Waals surface area (Å²) in [5.41, 5.74) is 0.635. The molecular formula is C15H18N2O3. The Labute approximate surface area is 117 Å². The van der Waals surface area contributed by atoms with E-state index in [9.17, 15) is 9.90 Å². The zero-order valence-electron chi connectivity index (χ0n) is 11.3. The van der Waals surface area contributed by atoms with Crippen LogP contribution in [0.25, 0.3) is 11.5 Å². The lowest BCUT2D eigenvalue weighted by molar-refractivity contribution is 0.0697. The normalized spacial score (nSPS) is 17.0. The molecule has 0 unspecified atom stereocenters. The molecule has 0 spiro atoms. The van der Waals surface area contributed by atoms with E-state index >= 15 is 0 Å². The van der Waals surface area contributed by atoms with Gasteiger partial charge < -0.3 is 9.52 Å². The van der Waals surface area contributed by atoms with E-state index in [1.807, 2.05) is 4.68 Å². The lowest BCUT2D eigenvalue weighted by Gasteiger charge is -2.14. The van der Waals surface area contributed by atoms with E-state index in [-0.39, 0.29) is 5.56 Å². The van der Waals surface area contributed by atoms with Crippen LogP contribution in [0.15, 0.2) is 29.0 Å². The molecule has 0 radical (unpaired) electrons. The number of carboxylic acid groups (broad SMARTS) is 1. The number of carbonyl (C=O) groups is 1. The molecule has 1 saturated carbocycles. The van der Waals surface area contributed by atoms with Crippen molar-refractivity contribution in [1.82, 2.24) is 9.78 Å². The Morgan fingerprint density at radius 2 is 2.05 bits per heavy atom. The third kappa shape index (κ3) is 2.48. The summed E-state index contributed by atoms with van der Waals surface area (Å²) in [6.07, 6.45) is 10.2. The van der Waals surface area contributed by atoms with Gasteiger partial charge in [-0.05, 0) is 25.0 Å². The third-order valence-corrected chi connectivity index (χ3v) is 3.92. The first-order valence-corrected chi connectivity index (χ1v) is 7.12. The minimum absolute atomic E-state index is 0.212. The number of aromatic carboxylic acids is 1. The first-order valence-electron chi connectivity index (χ1n) is 7.12. The fraction of sp³-hybridized carbons (Fsp3) is 0.467. The van der Waals surface area contributed by atoms with Gasteiger partial charge in [0, 0.05) is 6.20 Å². The van der Waals surface area contributed by atoms with Gasteiger partial charge in [-0.1, -0.05) is 25.7 Å². The smallest absolute Gasteiger partial charge is 0.339 e. The van der Waals surface area contributed by atoms with Crippen LogP contribution in [0.3, 0.4) is 0 Å². The van der Waals surface area contributed by atoms with Crippen LogP contribution in [-0.4, -0.2) is 20.9 Å². The lowest BCUT2D eigenvalue weighted by Crippen LogP contribution is -2.08. The van der Waals surface area contributed by atoms with Gasteiger partial charge in [0.1, 0.15) is 11.3 Å². The van der Waals surface area contributed by atoms with E-state index in [0.29, 0.717) is 17.5 Å². The molecule has 3 rings (SSSR count). The molecule has 1 N–H and O–H groups in total. The van der Waals surface area contributed by atoms with Gasteiger partial charge in [-0.15, -0.1) is 0 Å². The summed E-state index contributed by atoms with van der Waals surface area (Å²) in [6, 6.07) is 3.79. The van der Waals surface area contributed by atoms with Gasteiger partial charge in [-0.3, -0.25) is 4.68 Å². The Kier molecular flexibility index (Phi) is 3.58. The molecule has 106 valence electrons. The molecular weight excluding hydrogens is 256 g/mol. The second-order valence-electron chi connectivity index (χ2n) is 5.30. The lowest BCUT2D eigenvalue weighted by atomic mass is 10.1. The Morgan fingerprint density at radius 3 is 2.65 bits per heavy atom. The molecule has 0 atom stereocenters. The SMILES string of the molecule is O=C(O)c1cn(C2CCCCCC2)nc1-c1ccco1. The molecule has 1 aliphatic rings. The maximum Gasteiger partial charge on any atom is 0.339 e. The van der Waals surface area contributed by atoms with Crippen molar-refractivity contribution < 1.29 is 14.3 Å². The quantitative estimate of drug-likeness (QED) is 0.866. The highest BCUT2D eigenvalue weighted by atomic mass is 16.4. The molecule has 5 nitrogen and oxygen atoms in total. The second kappa shape index (κ2) is 5.53. The summed E-state index contributed by atoms with van der Waals surface area (Å²) in [7, 11) is 0. The zero-order chi connectivity index (χ0) is 13.9. The highest BCUT2D eigenvalue weighted by Crippen LogP contribution is 2.30. The maximum atomic E-state index is 11.4. The van der Waals surface area contributed by atoms with Gasteiger partial charge in [0.25, 0.3) is 0 Å². The summed E-state index contributed by atoms with van der Waals surface area (Å²) < 4.78 is 7.12. The average Bonchev–Trinajstić information content (AvgIpc) is 3.02. The molecule has 2 aromatic rings. The molecule has 5 heteroatoms. The van der Waals surface area contributed by atoms with Crippen molar-refractivity contribution >= 4 is 5.97 Å². The molecule has 0 saturated heterocycles. The molecule has 0 bridgehead atoms. The molecule has 2 aromatic heterocycles. The number of furan rings is 1. The first-order chi connectivity index (χ1) is 9.75. The van der Waals surface area contributed by atoms with Gasteiger partial charge in [-0.2, -0.15) is 5.10 Å². The minimum atomic E-state index is -0.962. The van der Waals surface area contributed by atoms with E-state index in [0.717, 1.165) is 12.8 Å².